The molecule has 3 aromatic rings. The monoisotopic (exact) mass is 230 g/mol. The Morgan fingerprint density at radius 2 is 2.00 bits per heavy atom. The predicted octanol–water partition coefficient (Wildman–Crippen LogP) is 1.22. The van der Waals surface area contributed by atoms with Crippen molar-refractivity contribution in [3.63, 3.8) is 0 Å². The molecule has 0 amide bonds. The number of fused-ring (bicyclic) bond motifs is 1. The second kappa shape index (κ2) is 3.51. The van der Waals surface area contributed by atoms with E-state index in [0.717, 1.165) is 0 Å². The molecule has 0 fully saturated rings. The quantitative estimate of drug-likeness (QED) is 0.683. The fraction of sp³-hybridized carbons (Fsp3) is 0. The maximum Gasteiger partial charge on any atom is 0.276 e. The van der Waals surface area contributed by atoms with Gasteiger partial charge in [0.1, 0.15) is 5.82 Å². The topological polar surface area (TPSA) is 63.0 Å². The lowest BCUT2D eigenvalue weighted by molar-refractivity contribution is 0.628. The highest BCUT2D eigenvalue weighted by molar-refractivity contribution is 5.59. The Morgan fingerprint density at radius 1 is 1.24 bits per heavy atom. The summed E-state index contributed by atoms with van der Waals surface area (Å²) in [6, 6.07) is 5.84. The van der Waals surface area contributed by atoms with E-state index in [1.54, 1.807) is 18.3 Å². The summed E-state index contributed by atoms with van der Waals surface area (Å²) in [4.78, 5) is 14.4. The molecule has 3 rings (SSSR count). The average molecular weight is 230 g/mol. The molecular formula is C11H7FN4O. The fourth-order valence-corrected chi connectivity index (χ4v) is 1.62. The van der Waals surface area contributed by atoms with Crippen LogP contribution in [0.3, 0.4) is 0 Å². The summed E-state index contributed by atoms with van der Waals surface area (Å²) in [5.41, 5.74) is 1.36. The minimum absolute atomic E-state index is 0.281. The van der Waals surface area contributed by atoms with Gasteiger partial charge in [0.15, 0.2) is 5.52 Å². The smallest absolute Gasteiger partial charge is 0.276 e. The van der Waals surface area contributed by atoms with Gasteiger partial charge < -0.3 is 4.98 Å². The SMILES string of the molecule is O=c1[nH]c(-c2ccc(F)cc2)cn2nncc12. The number of H-pyrrole nitrogens is 1. The number of rotatable bonds is 1. The van der Waals surface area contributed by atoms with Crippen LogP contribution in [0.4, 0.5) is 4.39 Å². The highest BCUT2D eigenvalue weighted by Gasteiger charge is 2.05. The van der Waals surface area contributed by atoms with Crippen molar-refractivity contribution >= 4 is 5.52 Å². The number of aromatic amines is 1. The number of hydrogen-bond donors (Lipinski definition) is 1. The molecule has 0 aliphatic heterocycles. The molecule has 1 aromatic carbocycles. The van der Waals surface area contributed by atoms with Gasteiger partial charge in [-0.1, -0.05) is 5.21 Å². The van der Waals surface area contributed by atoms with E-state index in [9.17, 15) is 9.18 Å². The van der Waals surface area contributed by atoms with Crippen LogP contribution in [0.1, 0.15) is 0 Å². The van der Waals surface area contributed by atoms with Gasteiger partial charge in [0, 0.05) is 0 Å². The highest BCUT2D eigenvalue weighted by atomic mass is 19.1. The van der Waals surface area contributed by atoms with Crippen LogP contribution < -0.4 is 5.56 Å². The largest absolute Gasteiger partial charge is 0.319 e. The lowest BCUT2D eigenvalue weighted by atomic mass is 10.1. The van der Waals surface area contributed by atoms with Crippen LogP contribution in [0.2, 0.25) is 0 Å². The molecule has 0 saturated heterocycles. The van der Waals surface area contributed by atoms with Crippen molar-refractivity contribution < 1.29 is 4.39 Å². The number of nitrogens with zero attached hydrogens (tertiary/aromatic N) is 3. The van der Waals surface area contributed by atoms with Crippen LogP contribution in [0, 0.1) is 5.82 Å². The molecule has 2 heterocycles. The maximum atomic E-state index is 12.8. The zero-order valence-electron chi connectivity index (χ0n) is 8.59. The minimum atomic E-state index is -0.321. The van der Waals surface area contributed by atoms with Gasteiger partial charge in [-0.05, 0) is 29.8 Å². The van der Waals surface area contributed by atoms with Crippen molar-refractivity contribution in [2.75, 3.05) is 0 Å². The molecule has 2 aromatic heterocycles. The molecule has 17 heavy (non-hydrogen) atoms. The van der Waals surface area contributed by atoms with E-state index >= 15 is 0 Å². The molecule has 0 saturated carbocycles. The molecule has 0 atom stereocenters. The maximum absolute atomic E-state index is 12.8. The third kappa shape index (κ3) is 1.59. The van der Waals surface area contributed by atoms with Crippen LogP contribution in [-0.4, -0.2) is 19.8 Å². The molecule has 1 N–H and O–H groups in total. The molecule has 5 nitrogen and oxygen atoms in total. The first-order valence-electron chi connectivity index (χ1n) is 4.93. The van der Waals surface area contributed by atoms with E-state index in [0.29, 0.717) is 16.8 Å². The van der Waals surface area contributed by atoms with Gasteiger partial charge in [0.2, 0.25) is 0 Å². The lowest BCUT2D eigenvalue weighted by Gasteiger charge is -2.01. The van der Waals surface area contributed by atoms with E-state index in [-0.39, 0.29) is 11.4 Å². The molecule has 0 unspecified atom stereocenters. The van der Waals surface area contributed by atoms with Crippen molar-refractivity contribution in [1.29, 1.82) is 0 Å². The first-order chi connectivity index (χ1) is 8.24. The third-order valence-electron chi connectivity index (χ3n) is 2.46. The molecule has 0 bridgehead atoms. The minimum Gasteiger partial charge on any atom is -0.319 e. The van der Waals surface area contributed by atoms with Crippen molar-refractivity contribution in [3.8, 4) is 11.3 Å². The van der Waals surface area contributed by atoms with E-state index in [1.807, 2.05) is 0 Å². The highest BCUT2D eigenvalue weighted by Crippen LogP contribution is 2.15. The Morgan fingerprint density at radius 3 is 2.76 bits per heavy atom. The molecule has 6 heteroatoms. The van der Waals surface area contributed by atoms with E-state index < -0.39 is 0 Å². The number of aromatic nitrogens is 4. The first-order valence-corrected chi connectivity index (χ1v) is 4.93. The van der Waals surface area contributed by atoms with Gasteiger partial charge in [0.05, 0.1) is 18.1 Å². The normalized spacial score (nSPS) is 10.9. The van der Waals surface area contributed by atoms with Crippen LogP contribution in [0.15, 0.2) is 41.5 Å². The van der Waals surface area contributed by atoms with E-state index in [2.05, 4.69) is 15.3 Å². The predicted molar refractivity (Wildman–Crippen MR) is 59.0 cm³/mol. The third-order valence-corrected chi connectivity index (χ3v) is 2.46. The zero-order chi connectivity index (χ0) is 11.8. The Balaban J connectivity index is 2.23. The van der Waals surface area contributed by atoms with Gasteiger partial charge in [0.25, 0.3) is 5.56 Å². The van der Waals surface area contributed by atoms with Crippen LogP contribution in [-0.2, 0) is 0 Å². The van der Waals surface area contributed by atoms with Crippen molar-refractivity contribution in [2.45, 2.75) is 0 Å². The molecule has 84 valence electrons. The van der Waals surface area contributed by atoms with Crippen LogP contribution >= 0.6 is 0 Å². The summed E-state index contributed by atoms with van der Waals surface area (Å²) in [5.74, 6) is -0.321. The second-order valence-corrected chi connectivity index (χ2v) is 3.57. The average Bonchev–Trinajstić information content (AvgIpc) is 2.78. The lowest BCUT2D eigenvalue weighted by Crippen LogP contribution is -2.10. The van der Waals surface area contributed by atoms with E-state index in [4.69, 9.17) is 0 Å². The van der Waals surface area contributed by atoms with Crippen molar-refractivity contribution in [2.24, 2.45) is 0 Å². The van der Waals surface area contributed by atoms with Gasteiger partial charge in [-0.3, -0.25) is 4.79 Å². The van der Waals surface area contributed by atoms with Gasteiger partial charge >= 0.3 is 0 Å². The van der Waals surface area contributed by atoms with Gasteiger partial charge in [-0.25, -0.2) is 8.91 Å². The molecular weight excluding hydrogens is 223 g/mol. The van der Waals surface area contributed by atoms with Crippen molar-refractivity contribution in [3.05, 3.63) is 52.8 Å². The standard InChI is InChI=1S/C11H7FN4O/c12-8-3-1-7(2-4-8)9-6-16-10(5-13-15-16)11(17)14-9/h1-6H,(H,14,17). The second-order valence-electron chi connectivity index (χ2n) is 3.57. The Hall–Kier alpha value is -2.50. The summed E-state index contributed by atoms with van der Waals surface area (Å²) in [6.45, 7) is 0. The summed E-state index contributed by atoms with van der Waals surface area (Å²) >= 11 is 0. The Bertz CT molecular complexity index is 729. The summed E-state index contributed by atoms with van der Waals surface area (Å²) < 4.78 is 14.2. The summed E-state index contributed by atoms with van der Waals surface area (Å²) in [7, 11) is 0. The molecule has 0 radical (unpaired) electrons. The van der Waals surface area contributed by atoms with E-state index in [1.165, 1.54) is 22.8 Å². The van der Waals surface area contributed by atoms with Crippen molar-refractivity contribution in [1.82, 2.24) is 19.8 Å². The fourth-order valence-electron chi connectivity index (χ4n) is 1.62. The first kappa shape index (κ1) is 9.71. The Kier molecular flexibility index (Phi) is 2.01. The number of halogens is 1. The van der Waals surface area contributed by atoms with Gasteiger partial charge in [-0.15, -0.1) is 5.10 Å². The number of hydrogen-bond acceptors (Lipinski definition) is 3. The molecule has 0 aliphatic rings. The number of nitrogens with one attached hydrogen (secondary N) is 1. The Labute approximate surface area is 94.5 Å². The van der Waals surface area contributed by atoms with Gasteiger partial charge in [-0.2, -0.15) is 0 Å². The summed E-state index contributed by atoms with van der Waals surface area (Å²) in [5, 5.41) is 7.40. The molecule has 0 spiro atoms. The van der Waals surface area contributed by atoms with Crippen LogP contribution in [0.5, 0.6) is 0 Å². The van der Waals surface area contributed by atoms with Crippen LogP contribution in [0.25, 0.3) is 16.8 Å². The molecule has 0 aliphatic carbocycles. The number of benzene rings is 1. The summed E-state index contributed by atoms with van der Waals surface area (Å²) in [6.07, 6.45) is 3.02. The zero-order valence-corrected chi connectivity index (χ0v) is 8.59.